The van der Waals surface area contributed by atoms with E-state index < -0.39 is 0 Å². The second-order valence-corrected chi connectivity index (χ2v) is 5.89. The number of hydrogen-bond donors (Lipinski definition) is 1. The number of halogens is 1. The van der Waals surface area contributed by atoms with Gasteiger partial charge in [-0.3, -0.25) is 0 Å². The lowest BCUT2D eigenvalue weighted by Gasteiger charge is -2.24. The van der Waals surface area contributed by atoms with E-state index in [9.17, 15) is 0 Å². The molecule has 0 amide bonds. The van der Waals surface area contributed by atoms with Crippen molar-refractivity contribution < 1.29 is 9.47 Å². The summed E-state index contributed by atoms with van der Waals surface area (Å²) in [6.07, 6.45) is 4.71. The lowest BCUT2D eigenvalue weighted by molar-refractivity contribution is 0.282. The van der Waals surface area contributed by atoms with Gasteiger partial charge in [-0.2, -0.15) is 0 Å². The molecule has 0 fully saturated rings. The van der Waals surface area contributed by atoms with Crippen molar-refractivity contribution in [3.05, 3.63) is 21.7 Å². The van der Waals surface area contributed by atoms with Crippen LogP contribution in [0.4, 0.5) is 0 Å². The fourth-order valence-corrected chi connectivity index (χ4v) is 3.55. The van der Waals surface area contributed by atoms with Crippen molar-refractivity contribution in [1.82, 2.24) is 5.32 Å². The van der Waals surface area contributed by atoms with E-state index in [-0.39, 0.29) is 0 Å². The average Bonchev–Trinajstić information content (AvgIpc) is 2.66. The fraction of sp³-hybridized carbons (Fsp3) is 0.625. The Hall–Kier alpha value is -0.740. The fourth-order valence-electron chi connectivity index (χ4n) is 2.93. The molecule has 20 heavy (non-hydrogen) atoms. The molecule has 1 unspecified atom stereocenters. The molecular weight excluding hydrogens is 318 g/mol. The van der Waals surface area contributed by atoms with Gasteiger partial charge in [0.05, 0.1) is 13.2 Å². The number of hydrogen-bond acceptors (Lipinski definition) is 3. The van der Waals surface area contributed by atoms with Gasteiger partial charge >= 0.3 is 0 Å². The number of ether oxygens (including phenoxy) is 2. The maximum atomic E-state index is 5.94. The van der Waals surface area contributed by atoms with Gasteiger partial charge in [0.2, 0.25) is 0 Å². The van der Waals surface area contributed by atoms with Crippen LogP contribution in [0.5, 0.6) is 11.5 Å². The third kappa shape index (κ3) is 3.12. The van der Waals surface area contributed by atoms with Gasteiger partial charge in [0.15, 0.2) is 11.5 Å². The van der Waals surface area contributed by atoms with Crippen LogP contribution < -0.4 is 14.8 Å². The smallest absolute Gasteiger partial charge is 0.166 e. The predicted molar refractivity (Wildman–Crippen MR) is 85.8 cm³/mol. The standard InChI is InChI=1S/C16H24BrNO2/c1-4-19-14-10-12(17)11-8-6-7-9-13(18-3)15(11)16(14)20-5-2/h10,13,18H,4-9H2,1-3H3. The molecule has 0 spiro atoms. The monoisotopic (exact) mass is 341 g/mol. The lowest BCUT2D eigenvalue weighted by Crippen LogP contribution is -2.18. The topological polar surface area (TPSA) is 30.5 Å². The van der Waals surface area contributed by atoms with E-state index >= 15 is 0 Å². The van der Waals surface area contributed by atoms with E-state index in [1.807, 2.05) is 20.9 Å². The highest BCUT2D eigenvalue weighted by Gasteiger charge is 2.26. The highest BCUT2D eigenvalue weighted by molar-refractivity contribution is 9.10. The van der Waals surface area contributed by atoms with Crippen LogP contribution in [-0.2, 0) is 6.42 Å². The van der Waals surface area contributed by atoms with E-state index in [4.69, 9.17) is 9.47 Å². The van der Waals surface area contributed by atoms with Crippen LogP contribution in [0.2, 0.25) is 0 Å². The van der Waals surface area contributed by atoms with Gasteiger partial charge in [0, 0.05) is 16.1 Å². The molecule has 4 heteroatoms. The second kappa shape index (κ2) is 7.32. The molecule has 2 rings (SSSR count). The Morgan fingerprint density at radius 2 is 2.00 bits per heavy atom. The van der Waals surface area contributed by atoms with Crippen molar-refractivity contribution in [2.45, 2.75) is 45.6 Å². The molecule has 0 saturated heterocycles. The zero-order valence-electron chi connectivity index (χ0n) is 12.6. The van der Waals surface area contributed by atoms with Crippen LogP contribution in [0.1, 0.15) is 50.3 Å². The van der Waals surface area contributed by atoms with Crippen molar-refractivity contribution in [3.8, 4) is 11.5 Å². The second-order valence-electron chi connectivity index (χ2n) is 5.03. The minimum Gasteiger partial charge on any atom is -0.490 e. The first kappa shape index (κ1) is 15.6. The molecule has 0 aromatic heterocycles. The Balaban J connectivity index is 2.60. The van der Waals surface area contributed by atoms with Gasteiger partial charge in [-0.25, -0.2) is 0 Å². The molecule has 0 bridgehead atoms. The zero-order chi connectivity index (χ0) is 14.5. The van der Waals surface area contributed by atoms with Gasteiger partial charge in [-0.1, -0.05) is 22.4 Å². The minimum atomic E-state index is 0.339. The van der Waals surface area contributed by atoms with E-state index in [0.717, 1.165) is 28.8 Å². The summed E-state index contributed by atoms with van der Waals surface area (Å²) < 4.78 is 12.9. The van der Waals surface area contributed by atoms with Crippen LogP contribution in [0.15, 0.2) is 10.5 Å². The molecule has 0 aliphatic heterocycles. The van der Waals surface area contributed by atoms with Gasteiger partial charge in [-0.05, 0) is 51.8 Å². The normalized spacial score (nSPS) is 18.3. The third-order valence-corrected chi connectivity index (χ3v) is 4.50. The largest absolute Gasteiger partial charge is 0.490 e. The Labute approximate surface area is 130 Å². The highest BCUT2D eigenvalue weighted by atomic mass is 79.9. The van der Waals surface area contributed by atoms with Crippen molar-refractivity contribution in [3.63, 3.8) is 0 Å². The van der Waals surface area contributed by atoms with E-state index in [1.165, 1.54) is 24.0 Å². The summed E-state index contributed by atoms with van der Waals surface area (Å²) in [6, 6.07) is 2.40. The van der Waals surface area contributed by atoms with Crippen LogP contribution in [-0.4, -0.2) is 20.3 Å². The summed E-state index contributed by atoms with van der Waals surface area (Å²) in [5.74, 6) is 1.77. The van der Waals surface area contributed by atoms with E-state index in [1.54, 1.807) is 0 Å². The Bertz CT molecular complexity index is 462. The Morgan fingerprint density at radius 1 is 1.25 bits per heavy atom. The summed E-state index contributed by atoms with van der Waals surface area (Å²) >= 11 is 3.72. The zero-order valence-corrected chi connectivity index (χ0v) is 14.2. The van der Waals surface area contributed by atoms with Crippen molar-refractivity contribution in [1.29, 1.82) is 0 Å². The average molecular weight is 342 g/mol. The minimum absolute atomic E-state index is 0.339. The number of nitrogens with one attached hydrogen (secondary N) is 1. The lowest BCUT2D eigenvalue weighted by atomic mass is 9.97. The summed E-state index contributed by atoms with van der Waals surface area (Å²) in [7, 11) is 2.02. The van der Waals surface area contributed by atoms with Gasteiger partial charge in [0.1, 0.15) is 0 Å². The van der Waals surface area contributed by atoms with Crippen LogP contribution >= 0.6 is 15.9 Å². The molecule has 1 atom stereocenters. The molecule has 1 aliphatic rings. The molecule has 1 aromatic rings. The van der Waals surface area contributed by atoms with Crippen molar-refractivity contribution >= 4 is 15.9 Å². The third-order valence-electron chi connectivity index (χ3n) is 3.79. The summed E-state index contributed by atoms with van der Waals surface area (Å²) in [4.78, 5) is 0. The summed E-state index contributed by atoms with van der Waals surface area (Å²) in [5.41, 5.74) is 2.65. The predicted octanol–water partition coefficient (Wildman–Crippen LogP) is 4.23. The molecule has 1 aliphatic carbocycles. The molecule has 112 valence electrons. The Kier molecular flexibility index (Phi) is 5.73. The van der Waals surface area contributed by atoms with Gasteiger partial charge in [0.25, 0.3) is 0 Å². The molecular formula is C16H24BrNO2. The Morgan fingerprint density at radius 3 is 2.65 bits per heavy atom. The van der Waals surface area contributed by atoms with Crippen molar-refractivity contribution in [2.24, 2.45) is 0 Å². The first-order valence-corrected chi connectivity index (χ1v) is 8.30. The molecule has 0 heterocycles. The van der Waals surface area contributed by atoms with Gasteiger partial charge in [-0.15, -0.1) is 0 Å². The number of rotatable bonds is 5. The molecule has 0 saturated carbocycles. The van der Waals surface area contributed by atoms with Crippen LogP contribution in [0, 0.1) is 0 Å². The highest BCUT2D eigenvalue weighted by Crippen LogP contribution is 2.45. The number of fused-ring (bicyclic) bond motifs is 1. The number of benzene rings is 1. The SMILES string of the molecule is CCOc1cc(Br)c2c(c1OCC)C(NC)CCCC2. The summed E-state index contributed by atoms with van der Waals surface area (Å²) in [6.45, 7) is 5.33. The quantitative estimate of drug-likeness (QED) is 0.812. The summed E-state index contributed by atoms with van der Waals surface area (Å²) in [5, 5.41) is 3.44. The first-order valence-electron chi connectivity index (χ1n) is 7.51. The van der Waals surface area contributed by atoms with E-state index in [0.29, 0.717) is 19.3 Å². The van der Waals surface area contributed by atoms with Crippen molar-refractivity contribution in [2.75, 3.05) is 20.3 Å². The maximum Gasteiger partial charge on any atom is 0.166 e. The molecule has 0 radical (unpaired) electrons. The molecule has 1 aromatic carbocycles. The first-order chi connectivity index (χ1) is 9.72. The van der Waals surface area contributed by atoms with Gasteiger partial charge < -0.3 is 14.8 Å². The van der Waals surface area contributed by atoms with Crippen LogP contribution in [0.3, 0.4) is 0 Å². The molecule has 1 N–H and O–H groups in total. The van der Waals surface area contributed by atoms with Crippen LogP contribution in [0.25, 0.3) is 0 Å². The maximum absolute atomic E-state index is 5.94. The van der Waals surface area contributed by atoms with E-state index in [2.05, 4.69) is 27.3 Å². The molecule has 3 nitrogen and oxygen atoms in total.